The van der Waals surface area contributed by atoms with E-state index in [-0.39, 0.29) is 18.4 Å². The number of halogens is 4. The Morgan fingerprint density at radius 2 is 1.76 bits per heavy atom. The lowest BCUT2D eigenvalue weighted by Gasteiger charge is -2.36. The molecule has 0 radical (unpaired) electrons. The SMILES string of the molecule is COCCN(CC(F)F)C1CCC(CNc2nc(N3CCOCC3)cc(-n3c(C(F)F)nc4ccccc43)n2)CC1. The van der Waals surface area contributed by atoms with Gasteiger partial charge in [-0.05, 0) is 43.7 Å². The molecule has 1 saturated carbocycles. The predicted octanol–water partition coefficient (Wildman–Crippen LogP) is 4.77. The van der Waals surface area contributed by atoms with Crippen molar-refractivity contribution >= 4 is 22.8 Å². The topological polar surface area (TPSA) is 80.6 Å². The first-order valence-electron chi connectivity index (χ1n) is 14.2. The molecule has 1 N–H and O–H groups in total. The summed E-state index contributed by atoms with van der Waals surface area (Å²) >= 11 is 0. The Hall–Kier alpha value is -3.03. The van der Waals surface area contributed by atoms with Crippen LogP contribution in [0.1, 0.15) is 37.9 Å². The molecule has 3 heterocycles. The van der Waals surface area contributed by atoms with Gasteiger partial charge in [-0.1, -0.05) is 12.1 Å². The Morgan fingerprint density at radius 3 is 2.46 bits per heavy atom. The maximum atomic E-state index is 14.1. The van der Waals surface area contributed by atoms with Crippen LogP contribution in [0.2, 0.25) is 0 Å². The Kier molecular flexibility index (Phi) is 9.88. The maximum absolute atomic E-state index is 14.1. The number of morpholine rings is 1. The predicted molar refractivity (Wildman–Crippen MR) is 148 cm³/mol. The van der Waals surface area contributed by atoms with Crippen molar-refractivity contribution in [2.75, 3.05) is 69.9 Å². The van der Waals surface area contributed by atoms with Crippen molar-refractivity contribution in [2.24, 2.45) is 5.92 Å². The maximum Gasteiger partial charge on any atom is 0.296 e. The van der Waals surface area contributed by atoms with E-state index in [4.69, 9.17) is 14.5 Å². The molecule has 2 aliphatic rings. The van der Waals surface area contributed by atoms with Crippen LogP contribution in [0.25, 0.3) is 16.9 Å². The lowest BCUT2D eigenvalue weighted by Crippen LogP contribution is -2.43. The zero-order chi connectivity index (χ0) is 28.8. The largest absolute Gasteiger partial charge is 0.383 e. The van der Waals surface area contributed by atoms with E-state index in [1.54, 1.807) is 37.4 Å². The van der Waals surface area contributed by atoms with Crippen LogP contribution in [0.3, 0.4) is 0 Å². The second-order valence-electron chi connectivity index (χ2n) is 10.5. The van der Waals surface area contributed by atoms with Crippen LogP contribution in [0.5, 0.6) is 0 Å². The van der Waals surface area contributed by atoms with E-state index in [0.29, 0.717) is 80.5 Å². The van der Waals surface area contributed by atoms with Gasteiger partial charge in [0.2, 0.25) is 5.95 Å². The molecule has 224 valence electrons. The summed E-state index contributed by atoms with van der Waals surface area (Å²) in [6, 6.07) is 8.83. The molecular formula is C28H37F4N7O2. The summed E-state index contributed by atoms with van der Waals surface area (Å²) in [5.41, 5.74) is 1.01. The molecule has 2 aromatic heterocycles. The molecule has 2 fully saturated rings. The van der Waals surface area contributed by atoms with E-state index in [1.807, 2.05) is 4.90 Å². The highest BCUT2D eigenvalue weighted by Gasteiger charge is 2.28. The van der Waals surface area contributed by atoms with Crippen LogP contribution in [0.4, 0.5) is 29.3 Å². The molecule has 0 unspecified atom stereocenters. The fourth-order valence-corrected chi connectivity index (χ4v) is 5.76. The second kappa shape index (κ2) is 13.8. The average molecular weight is 580 g/mol. The second-order valence-corrected chi connectivity index (χ2v) is 10.5. The summed E-state index contributed by atoms with van der Waals surface area (Å²) in [6.07, 6.45) is -1.77. The lowest BCUT2D eigenvalue weighted by atomic mass is 9.85. The standard InChI is InChI=1S/C28H37F4N7O2/c1-40-13-10-38(18-23(29)30)20-8-6-19(7-9-20)17-33-28-35-24(37-11-14-41-15-12-37)16-25(36-28)39-22-5-3-2-4-21(22)34-27(39)26(31)32/h2-5,16,19-20,23,26H,6-15,17-18H2,1H3,(H,33,35,36). The first kappa shape index (κ1) is 29.5. The molecule has 9 nitrogen and oxygen atoms in total. The van der Waals surface area contributed by atoms with Gasteiger partial charge in [0.05, 0.1) is 37.4 Å². The number of hydrogen-bond acceptors (Lipinski definition) is 8. The van der Waals surface area contributed by atoms with E-state index in [0.717, 1.165) is 25.7 Å². The normalized spacial score (nSPS) is 20.0. The molecule has 41 heavy (non-hydrogen) atoms. The highest BCUT2D eigenvalue weighted by Crippen LogP contribution is 2.31. The van der Waals surface area contributed by atoms with Gasteiger partial charge < -0.3 is 19.7 Å². The number of fused-ring (bicyclic) bond motifs is 1. The van der Waals surface area contributed by atoms with Gasteiger partial charge in [-0.15, -0.1) is 0 Å². The third-order valence-corrected chi connectivity index (χ3v) is 7.88. The van der Waals surface area contributed by atoms with Crippen molar-refractivity contribution in [3.8, 4) is 5.82 Å². The first-order chi connectivity index (χ1) is 19.9. The molecular weight excluding hydrogens is 542 g/mol. The summed E-state index contributed by atoms with van der Waals surface area (Å²) in [5.74, 6) is 1.24. The van der Waals surface area contributed by atoms with E-state index < -0.39 is 12.9 Å². The number of rotatable bonds is 12. The summed E-state index contributed by atoms with van der Waals surface area (Å²) in [6.45, 7) is 3.62. The summed E-state index contributed by atoms with van der Waals surface area (Å²) in [4.78, 5) is 17.5. The number of benzene rings is 1. The molecule has 3 aromatic rings. The highest BCUT2D eigenvalue weighted by atomic mass is 19.3. The third-order valence-electron chi connectivity index (χ3n) is 7.88. The van der Waals surface area contributed by atoms with Crippen molar-refractivity contribution < 1.29 is 27.0 Å². The van der Waals surface area contributed by atoms with Gasteiger partial charge in [-0.3, -0.25) is 9.47 Å². The molecule has 0 atom stereocenters. The minimum Gasteiger partial charge on any atom is -0.383 e. The Morgan fingerprint density at radius 1 is 1.02 bits per heavy atom. The van der Waals surface area contributed by atoms with Crippen molar-refractivity contribution in [2.45, 2.75) is 44.6 Å². The van der Waals surface area contributed by atoms with Crippen LogP contribution in [0.15, 0.2) is 30.3 Å². The van der Waals surface area contributed by atoms with Crippen molar-refractivity contribution in [1.82, 2.24) is 24.4 Å². The van der Waals surface area contributed by atoms with Crippen molar-refractivity contribution in [1.29, 1.82) is 0 Å². The number of imidazole rings is 1. The number of anilines is 2. The molecule has 13 heteroatoms. The van der Waals surface area contributed by atoms with Gasteiger partial charge in [0.25, 0.3) is 12.9 Å². The highest BCUT2D eigenvalue weighted by molar-refractivity contribution is 5.78. The van der Waals surface area contributed by atoms with E-state index in [9.17, 15) is 17.6 Å². The summed E-state index contributed by atoms with van der Waals surface area (Å²) in [5, 5.41) is 3.35. The van der Waals surface area contributed by atoms with Crippen molar-refractivity contribution in [3.05, 3.63) is 36.2 Å². The fourth-order valence-electron chi connectivity index (χ4n) is 5.76. The number of aromatic nitrogens is 4. The van der Waals surface area contributed by atoms with Gasteiger partial charge in [-0.2, -0.15) is 9.97 Å². The van der Waals surface area contributed by atoms with Gasteiger partial charge >= 0.3 is 0 Å². The number of hydrogen-bond donors (Lipinski definition) is 1. The van der Waals surface area contributed by atoms with Gasteiger partial charge in [0.15, 0.2) is 5.82 Å². The van der Waals surface area contributed by atoms with E-state index >= 15 is 0 Å². The van der Waals surface area contributed by atoms with Gasteiger partial charge in [0, 0.05) is 45.4 Å². The van der Waals surface area contributed by atoms with Crippen molar-refractivity contribution in [3.63, 3.8) is 0 Å². The molecule has 1 saturated heterocycles. The zero-order valence-corrected chi connectivity index (χ0v) is 23.2. The number of para-hydroxylation sites is 2. The van der Waals surface area contributed by atoms with Crippen LogP contribution < -0.4 is 10.2 Å². The summed E-state index contributed by atoms with van der Waals surface area (Å²) < 4.78 is 66.5. The Balaban J connectivity index is 1.34. The monoisotopic (exact) mass is 579 g/mol. The summed E-state index contributed by atoms with van der Waals surface area (Å²) in [7, 11) is 1.58. The molecule has 1 aliphatic heterocycles. The smallest absolute Gasteiger partial charge is 0.296 e. The van der Waals surface area contributed by atoms with Crippen LogP contribution >= 0.6 is 0 Å². The Labute approximate surface area is 236 Å². The minimum absolute atomic E-state index is 0.102. The van der Waals surface area contributed by atoms with Crippen LogP contribution in [-0.2, 0) is 9.47 Å². The van der Waals surface area contributed by atoms with E-state index in [2.05, 4.69) is 20.2 Å². The molecule has 0 spiro atoms. The molecule has 5 rings (SSSR count). The number of ether oxygens (including phenoxy) is 2. The average Bonchev–Trinajstić information content (AvgIpc) is 3.39. The quantitative estimate of drug-likeness (QED) is 0.308. The number of nitrogens with zero attached hydrogens (tertiary/aromatic N) is 6. The molecule has 0 amide bonds. The van der Waals surface area contributed by atoms with Crippen LogP contribution in [0, 0.1) is 5.92 Å². The van der Waals surface area contributed by atoms with Gasteiger partial charge in [0.1, 0.15) is 11.6 Å². The van der Waals surface area contributed by atoms with E-state index in [1.165, 1.54) is 4.57 Å². The number of alkyl halides is 4. The minimum atomic E-state index is -2.79. The zero-order valence-electron chi connectivity index (χ0n) is 23.2. The van der Waals surface area contributed by atoms with Gasteiger partial charge in [-0.25, -0.2) is 22.5 Å². The van der Waals surface area contributed by atoms with Crippen LogP contribution in [-0.4, -0.2) is 96.5 Å². The fraction of sp³-hybridized carbons (Fsp3) is 0.607. The first-order valence-corrected chi connectivity index (χ1v) is 14.2. The number of methoxy groups -OCH3 is 1. The molecule has 0 bridgehead atoms. The lowest BCUT2D eigenvalue weighted by molar-refractivity contribution is 0.0336. The third kappa shape index (κ3) is 7.25. The molecule has 1 aliphatic carbocycles. The number of nitrogens with one attached hydrogen (secondary N) is 1. The molecule has 1 aromatic carbocycles. The Bertz CT molecular complexity index is 1260.